The predicted octanol–water partition coefficient (Wildman–Crippen LogP) is 3.07. The Morgan fingerprint density at radius 1 is 1.29 bits per heavy atom. The minimum Gasteiger partial charge on any atom is -0.342 e. The first-order chi connectivity index (χ1) is 9.91. The lowest BCUT2D eigenvalue weighted by Gasteiger charge is -2.28. The van der Waals surface area contributed by atoms with Crippen molar-refractivity contribution in [1.82, 2.24) is 4.90 Å². The summed E-state index contributed by atoms with van der Waals surface area (Å²) in [6.07, 6.45) is 1.04. The van der Waals surface area contributed by atoms with E-state index < -0.39 is 0 Å². The second-order valence-electron chi connectivity index (χ2n) is 6.41. The number of hydrogen-bond donors (Lipinski definition) is 1. The number of rotatable bonds is 3. The average molecular weight is 306 g/mol. The Bertz CT molecular complexity index is 475. The van der Waals surface area contributed by atoms with E-state index in [4.69, 9.17) is 5.73 Å². The molecule has 0 aromatic heterocycles. The number of hydrogen-bond acceptors (Lipinski definition) is 3. The normalized spacial score (nSPS) is 21.4. The van der Waals surface area contributed by atoms with Crippen LogP contribution in [0.1, 0.15) is 38.8 Å². The molecule has 0 bridgehead atoms. The number of carbonyl (C=O) groups excluding carboxylic acids is 1. The third-order valence-corrected chi connectivity index (χ3v) is 5.63. The lowest BCUT2D eigenvalue weighted by atomic mass is 9.94. The predicted molar refractivity (Wildman–Crippen MR) is 90.3 cm³/mol. The van der Waals surface area contributed by atoms with Gasteiger partial charge < -0.3 is 10.6 Å². The zero-order chi connectivity index (χ0) is 15.5. The molecule has 1 amide bonds. The van der Waals surface area contributed by atoms with Gasteiger partial charge in [-0.15, -0.1) is 0 Å². The Kier molecular flexibility index (Phi) is 5.33. The van der Waals surface area contributed by atoms with Crippen molar-refractivity contribution in [2.45, 2.75) is 38.0 Å². The highest BCUT2D eigenvalue weighted by Crippen LogP contribution is 2.31. The van der Waals surface area contributed by atoms with Crippen LogP contribution >= 0.6 is 11.8 Å². The van der Waals surface area contributed by atoms with Crippen LogP contribution in [-0.4, -0.2) is 34.4 Å². The summed E-state index contributed by atoms with van der Waals surface area (Å²) in [5.74, 6) is 1.01. The zero-order valence-electron chi connectivity index (χ0n) is 13.2. The molecule has 2 rings (SSSR count). The second-order valence-corrected chi connectivity index (χ2v) is 8.21. The molecular weight excluding hydrogens is 280 g/mol. The molecule has 21 heavy (non-hydrogen) atoms. The Hall–Kier alpha value is -1.00. The number of nitrogens with zero attached hydrogens (tertiary/aromatic N) is 1. The molecule has 1 aromatic carbocycles. The number of benzene rings is 1. The molecule has 0 radical (unpaired) electrons. The van der Waals surface area contributed by atoms with Crippen LogP contribution < -0.4 is 5.73 Å². The molecule has 0 spiro atoms. The first-order valence-electron chi connectivity index (χ1n) is 7.64. The van der Waals surface area contributed by atoms with Gasteiger partial charge in [-0.25, -0.2) is 0 Å². The number of nitrogens with two attached hydrogens (primary N) is 1. The summed E-state index contributed by atoms with van der Waals surface area (Å²) in [7, 11) is 0. The molecule has 0 aliphatic carbocycles. The minimum absolute atomic E-state index is 0.182. The van der Waals surface area contributed by atoms with E-state index in [1.165, 1.54) is 0 Å². The monoisotopic (exact) mass is 306 g/mol. The molecule has 2 unspecified atom stereocenters. The van der Waals surface area contributed by atoms with Crippen molar-refractivity contribution in [3.8, 4) is 0 Å². The topological polar surface area (TPSA) is 46.3 Å². The van der Waals surface area contributed by atoms with Gasteiger partial charge in [-0.1, -0.05) is 51.1 Å². The summed E-state index contributed by atoms with van der Waals surface area (Å²) < 4.78 is 0.264. The fourth-order valence-corrected chi connectivity index (χ4v) is 3.75. The van der Waals surface area contributed by atoms with Gasteiger partial charge in [0.05, 0.1) is 5.92 Å². The van der Waals surface area contributed by atoms with Crippen molar-refractivity contribution in [2.75, 3.05) is 18.8 Å². The molecule has 2 N–H and O–H groups in total. The van der Waals surface area contributed by atoms with Gasteiger partial charge >= 0.3 is 0 Å². The van der Waals surface area contributed by atoms with Crippen molar-refractivity contribution in [3.63, 3.8) is 0 Å². The van der Waals surface area contributed by atoms with E-state index >= 15 is 0 Å². The van der Waals surface area contributed by atoms with Gasteiger partial charge in [0.1, 0.15) is 0 Å². The third kappa shape index (κ3) is 4.24. The van der Waals surface area contributed by atoms with Gasteiger partial charge in [0.15, 0.2) is 0 Å². The van der Waals surface area contributed by atoms with Gasteiger partial charge in [-0.3, -0.25) is 4.79 Å². The fourth-order valence-electron chi connectivity index (χ4n) is 2.65. The van der Waals surface area contributed by atoms with Crippen LogP contribution in [0, 0.1) is 5.92 Å². The summed E-state index contributed by atoms with van der Waals surface area (Å²) in [6.45, 7) is 8.13. The standard InChI is InChI=1S/C17H26N2OS/c1-13(15(18)14-7-5-4-6-8-14)16(20)19-10-9-17(2,3)21-12-11-19/h4-8,13,15H,9-12,18H2,1-3H3. The number of carbonyl (C=O) groups is 1. The summed E-state index contributed by atoms with van der Waals surface area (Å²) in [4.78, 5) is 14.7. The van der Waals surface area contributed by atoms with Crippen LogP contribution in [0.5, 0.6) is 0 Å². The van der Waals surface area contributed by atoms with Crippen LogP contribution in [0.4, 0.5) is 0 Å². The van der Waals surface area contributed by atoms with Gasteiger partial charge in [-0.05, 0) is 12.0 Å². The van der Waals surface area contributed by atoms with Crippen molar-refractivity contribution in [3.05, 3.63) is 35.9 Å². The lowest BCUT2D eigenvalue weighted by molar-refractivity contribution is -0.135. The van der Waals surface area contributed by atoms with Gasteiger partial charge in [0, 0.05) is 29.6 Å². The molecule has 3 nitrogen and oxygen atoms in total. The fraction of sp³-hybridized carbons (Fsp3) is 0.588. The average Bonchev–Trinajstić information content (AvgIpc) is 2.66. The van der Waals surface area contributed by atoms with Crippen molar-refractivity contribution in [1.29, 1.82) is 0 Å². The molecule has 116 valence electrons. The van der Waals surface area contributed by atoms with Crippen molar-refractivity contribution < 1.29 is 4.79 Å². The molecular formula is C17H26N2OS. The van der Waals surface area contributed by atoms with Crippen molar-refractivity contribution >= 4 is 17.7 Å². The number of thioether (sulfide) groups is 1. The van der Waals surface area contributed by atoms with Crippen molar-refractivity contribution in [2.24, 2.45) is 11.7 Å². The van der Waals surface area contributed by atoms with E-state index in [2.05, 4.69) is 13.8 Å². The van der Waals surface area contributed by atoms with E-state index in [-0.39, 0.29) is 22.6 Å². The largest absolute Gasteiger partial charge is 0.342 e. The van der Waals surface area contributed by atoms with E-state index in [0.717, 1.165) is 30.8 Å². The molecule has 4 heteroatoms. The van der Waals surface area contributed by atoms with Gasteiger partial charge in [-0.2, -0.15) is 11.8 Å². The SMILES string of the molecule is CC(C(=O)N1CCSC(C)(C)CC1)C(N)c1ccccc1. The molecule has 1 fully saturated rings. The van der Waals surface area contributed by atoms with Crippen LogP contribution in [0.3, 0.4) is 0 Å². The zero-order valence-corrected chi connectivity index (χ0v) is 14.0. The molecule has 1 aliphatic heterocycles. The van der Waals surface area contributed by atoms with E-state index in [1.807, 2.05) is 53.9 Å². The Morgan fingerprint density at radius 2 is 1.95 bits per heavy atom. The Labute approximate surface area is 132 Å². The summed E-state index contributed by atoms with van der Waals surface area (Å²) in [5.41, 5.74) is 7.32. The number of amides is 1. The second kappa shape index (κ2) is 6.84. The summed E-state index contributed by atoms with van der Waals surface area (Å²) >= 11 is 1.95. The van der Waals surface area contributed by atoms with Gasteiger partial charge in [0.25, 0.3) is 0 Å². The maximum absolute atomic E-state index is 12.7. The Balaban J connectivity index is 2.02. The van der Waals surface area contributed by atoms with Crippen LogP contribution in [0.2, 0.25) is 0 Å². The highest BCUT2D eigenvalue weighted by molar-refractivity contribution is 8.00. The first-order valence-corrected chi connectivity index (χ1v) is 8.62. The first kappa shape index (κ1) is 16.4. The molecule has 1 heterocycles. The third-order valence-electron chi connectivity index (χ3n) is 4.26. The van der Waals surface area contributed by atoms with Crippen LogP contribution in [0.15, 0.2) is 30.3 Å². The highest BCUT2D eigenvalue weighted by atomic mass is 32.2. The highest BCUT2D eigenvalue weighted by Gasteiger charge is 2.30. The minimum atomic E-state index is -0.234. The quantitative estimate of drug-likeness (QED) is 0.933. The van der Waals surface area contributed by atoms with Gasteiger partial charge in [0.2, 0.25) is 5.91 Å². The summed E-state index contributed by atoms with van der Waals surface area (Å²) in [5, 5.41) is 0. The maximum Gasteiger partial charge on any atom is 0.227 e. The van der Waals surface area contributed by atoms with Crippen LogP contribution in [0.25, 0.3) is 0 Å². The summed E-state index contributed by atoms with van der Waals surface area (Å²) in [6, 6.07) is 9.67. The Morgan fingerprint density at radius 3 is 2.62 bits per heavy atom. The molecule has 0 saturated carbocycles. The van der Waals surface area contributed by atoms with E-state index in [9.17, 15) is 4.79 Å². The maximum atomic E-state index is 12.7. The molecule has 1 aromatic rings. The van der Waals surface area contributed by atoms with E-state index in [1.54, 1.807) is 0 Å². The molecule has 1 saturated heterocycles. The smallest absolute Gasteiger partial charge is 0.227 e. The molecule has 2 atom stereocenters. The van der Waals surface area contributed by atoms with Crippen LogP contribution in [-0.2, 0) is 4.79 Å². The molecule has 1 aliphatic rings. The lowest BCUT2D eigenvalue weighted by Crippen LogP contribution is -2.40. The van der Waals surface area contributed by atoms with E-state index in [0.29, 0.717) is 0 Å².